The predicted octanol–water partition coefficient (Wildman–Crippen LogP) is 5.41. The van der Waals surface area contributed by atoms with Gasteiger partial charge in [0.05, 0.1) is 28.5 Å². The molecular weight excluding hydrogens is 441 g/mol. The Labute approximate surface area is 187 Å². The third kappa shape index (κ3) is 4.23. The molecule has 0 atom stereocenters. The number of benzene rings is 2. The molecule has 7 nitrogen and oxygen atoms in total. The molecule has 0 saturated heterocycles. The zero-order valence-corrected chi connectivity index (χ0v) is 17.8. The second kappa shape index (κ2) is 8.75. The Morgan fingerprint density at radius 3 is 2.58 bits per heavy atom. The molecule has 4 rings (SSSR count). The molecule has 0 fully saturated rings. The SMILES string of the molecule is COc1ccc2c(Nc3c(Cl)cncc3Cl)cc(=O)oc2c1OCc1ccccc1N. The van der Waals surface area contributed by atoms with E-state index in [1.807, 2.05) is 18.2 Å². The van der Waals surface area contributed by atoms with Gasteiger partial charge < -0.3 is 24.9 Å². The average Bonchev–Trinajstić information content (AvgIpc) is 2.75. The monoisotopic (exact) mass is 457 g/mol. The van der Waals surface area contributed by atoms with Crippen LogP contribution >= 0.6 is 23.2 Å². The fraction of sp³-hybridized carbons (Fsp3) is 0.0909. The third-order valence-electron chi connectivity index (χ3n) is 4.59. The van der Waals surface area contributed by atoms with Crippen molar-refractivity contribution in [2.75, 3.05) is 18.2 Å². The molecule has 2 heterocycles. The summed E-state index contributed by atoms with van der Waals surface area (Å²) in [5, 5.41) is 4.27. The van der Waals surface area contributed by atoms with E-state index in [1.54, 1.807) is 18.2 Å². The lowest BCUT2D eigenvalue weighted by Gasteiger charge is -2.16. The fourth-order valence-electron chi connectivity index (χ4n) is 3.07. The van der Waals surface area contributed by atoms with Crippen LogP contribution in [0.25, 0.3) is 11.0 Å². The first kappa shape index (κ1) is 20.8. The van der Waals surface area contributed by atoms with Crippen molar-refractivity contribution in [1.29, 1.82) is 0 Å². The van der Waals surface area contributed by atoms with Gasteiger partial charge in [-0.15, -0.1) is 0 Å². The van der Waals surface area contributed by atoms with Crippen molar-refractivity contribution >= 4 is 51.2 Å². The molecule has 0 aliphatic rings. The number of aromatic nitrogens is 1. The van der Waals surface area contributed by atoms with Crippen LogP contribution in [0.1, 0.15) is 5.56 Å². The summed E-state index contributed by atoms with van der Waals surface area (Å²) in [7, 11) is 1.50. The summed E-state index contributed by atoms with van der Waals surface area (Å²) in [4.78, 5) is 16.3. The lowest BCUT2D eigenvalue weighted by atomic mass is 10.1. The van der Waals surface area contributed by atoms with Crippen LogP contribution in [0.3, 0.4) is 0 Å². The van der Waals surface area contributed by atoms with Gasteiger partial charge in [0, 0.05) is 35.1 Å². The number of hydrogen-bond donors (Lipinski definition) is 2. The highest BCUT2D eigenvalue weighted by molar-refractivity contribution is 6.39. The Balaban J connectivity index is 1.81. The lowest BCUT2D eigenvalue weighted by molar-refractivity contribution is 0.283. The van der Waals surface area contributed by atoms with E-state index in [0.717, 1.165) is 5.56 Å². The van der Waals surface area contributed by atoms with Crippen LogP contribution in [0.2, 0.25) is 10.0 Å². The fourth-order valence-corrected chi connectivity index (χ4v) is 3.52. The minimum Gasteiger partial charge on any atom is -0.493 e. The maximum Gasteiger partial charge on any atom is 0.338 e. The van der Waals surface area contributed by atoms with E-state index < -0.39 is 5.63 Å². The maximum absolute atomic E-state index is 12.3. The normalized spacial score (nSPS) is 10.8. The Hall–Kier alpha value is -3.42. The summed E-state index contributed by atoms with van der Waals surface area (Å²) in [6.45, 7) is 0.158. The molecule has 0 amide bonds. The number of methoxy groups -OCH3 is 1. The number of pyridine rings is 1. The van der Waals surface area contributed by atoms with E-state index in [2.05, 4.69) is 10.3 Å². The van der Waals surface area contributed by atoms with Crippen LogP contribution in [0, 0.1) is 0 Å². The summed E-state index contributed by atoms with van der Waals surface area (Å²) in [6.07, 6.45) is 2.90. The van der Waals surface area contributed by atoms with E-state index in [1.165, 1.54) is 25.6 Å². The molecule has 31 heavy (non-hydrogen) atoms. The first-order valence-electron chi connectivity index (χ1n) is 9.15. The molecule has 2 aromatic heterocycles. The van der Waals surface area contributed by atoms with Gasteiger partial charge in [0.15, 0.2) is 11.3 Å². The van der Waals surface area contributed by atoms with Gasteiger partial charge in [0.2, 0.25) is 5.75 Å². The maximum atomic E-state index is 12.3. The van der Waals surface area contributed by atoms with Crippen molar-refractivity contribution < 1.29 is 13.9 Å². The Morgan fingerprint density at radius 2 is 1.87 bits per heavy atom. The molecule has 0 aliphatic heterocycles. The predicted molar refractivity (Wildman–Crippen MR) is 122 cm³/mol. The minimum absolute atomic E-state index is 0.158. The van der Waals surface area contributed by atoms with Crippen molar-refractivity contribution in [2.45, 2.75) is 6.61 Å². The van der Waals surface area contributed by atoms with Crippen LogP contribution in [0.15, 0.2) is 64.1 Å². The standard InChI is InChI=1S/C22H17Cl2N3O4/c1-29-18-7-6-13-17(27-20-14(23)9-26-10-15(20)24)8-19(28)31-21(13)22(18)30-11-12-4-2-3-5-16(12)25/h2-10H,11,25H2,1H3,(H,26,27). The molecule has 9 heteroatoms. The van der Waals surface area contributed by atoms with Crippen molar-refractivity contribution in [3.63, 3.8) is 0 Å². The van der Waals surface area contributed by atoms with Gasteiger partial charge in [-0.2, -0.15) is 0 Å². The number of nitrogens with two attached hydrogens (primary N) is 1. The molecular formula is C22H17Cl2N3O4. The lowest BCUT2D eigenvalue weighted by Crippen LogP contribution is -2.05. The molecule has 0 radical (unpaired) electrons. The highest BCUT2D eigenvalue weighted by Gasteiger charge is 2.18. The van der Waals surface area contributed by atoms with E-state index in [4.69, 9.17) is 42.8 Å². The van der Waals surface area contributed by atoms with E-state index in [9.17, 15) is 4.79 Å². The first-order chi connectivity index (χ1) is 15.0. The van der Waals surface area contributed by atoms with Crippen molar-refractivity contribution in [3.8, 4) is 11.5 Å². The smallest absolute Gasteiger partial charge is 0.338 e. The molecule has 0 spiro atoms. The summed E-state index contributed by atoms with van der Waals surface area (Å²) in [5.74, 6) is 0.679. The number of nitrogen functional groups attached to an aromatic ring is 1. The Kier molecular flexibility index (Phi) is 5.88. The van der Waals surface area contributed by atoms with Crippen LogP contribution in [-0.4, -0.2) is 12.1 Å². The second-order valence-electron chi connectivity index (χ2n) is 6.54. The molecule has 0 saturated carbocycles. The highest BCUT2D eigenvalue weighted by Crippen LogP contribution is 2.40. The van der Waals surface area contributed by atoms with Gasteiger partial charge in [0.25, 0.3) is 0 Å². The molecule has 0 unspecified atom stereocenters. The number of nitrogens with zero attached hydrogens (tertiary/aromatic N) is 1. The topological polar surface area (TPSA) is 99.6 Å². The zero-order valence-electron chi connectivity index (χ0n) is 16.3. The van der Waals surface area contributed by atoms with Gasteiger partial charge in [-0.05, 0) is 18.2 Å². The first-order valence-corrected chi connectivity index (χ1v) is 9.90. The van der Waals surface area contributed by atoms with Crippen molar-refractivity contribution in [3.05, 3.63) is 80.9 Å². The van der Waals surface area contributed by atoms with Gasteiger partial charge >= 0.3 is 5.63 Å². The van der Waals surface area contributed by atoms with Gasteiger partial charge in [0.1, 0.15) is 6.61 Å². The molecule has 0 aliphatic carbocycles. The average molecular weight is 458 g/mol. The Morgan fingerprint density at radius 1 is 1.13 bits per heavy atom. The summed E-state index contributed by atoms with van der Waals surface area (Å²) >= 11 is 12.4. The molecule has 3 N–H and O–H groups in total. The number of anilines is 3. The van der Waals surface area contributed by atoms with E-state index in [0.29, 0.717) is 38.2 Å². The molecule has 2 aromatic carbocycles. The molecule has 158 valence electrons. The van der Waals surface area contributed by atoms with E-state index >= 15 is 0 Å². The zero-order chi connectivity index (χ0) is 22.0. The minimum atomic E-state index is -0.589. The van der Waals surface area contributed by atoms with Crippen LogP contribution < -0.4 is 26.1 Å². The Bertz CT molecular complexity index is 1300. The summed E-state index contributed by atoms with van der Waals surface area (Å²) < 4.78 is 16.9. The van der Waals surface area contributed by atoms with Gasteiger partial charge in [-0.25, -0.2) is 4.79 Å². The number of fused-ring (bicyclic) bond motifs is 1. The van der Waals surface area contributed by atoms with Crippen LogP contribution in [0.4, 0.5) is 17.1 Å². The van der Waals surface area contributed by atoms with Crippen molar-refractivity contribution in [2.24, 2.45) is 0 Å². The van der Waals surface area contributed by atoms with Crippen LogP contribution in [-0.2, 0) is 6.61 Å². The number of ether oxygens (including phenoxy) is 2. The van der Waals surface area contributed by atoms with E-state index in [-0.39, 0.29) is 17.9 Å². The molecule has 4 aromatic rings. The highest BCUT2D eigenvalue weighted by atomic mass is 35.5. The second-order valence-corrected chi connectivity index (χ2v) is 7.36. The van der Waals surface area contributed by atoms with Gasteiger partial charge in [-0.3, -0.25) is 4.98 Å². The number of para-hydroxylation sites is 1. The number of halogens is 2. The summed E-state index contributed by atoms with van der Waals surface area (Å²) in [6, 6.07) is 12.1. The van der Waals surface area contributed by atoms with Crippen LogP contribution in [0.5, 0.6) is 11.5 Å². The van der Waals surface area contributed by atoms with Crippen molar-refractivity contribution in [1.82, 2.24) is 4.98 Å². The third-order valence-corrected chi connectivity index (χ3v) is 5.16. The number of nitrogens with one attached hydrogen (secondary N) is 1. The summed E-state index contributed by atoms with van der Waals surface area (Å²) in [5.41, 5.74) is 7.86. The quantitative estimate of drug-likeness (QED) is 0.295. The number of hydrogen-bond acceptors (Lipinski definition) is 7. The molecule has 0 bridgehead atoms. The van der Waals surface area contributed by atoms with Gasteiger partial charge in [-0.1, -0.05) is 41.4 Å². The largest absolute Gasteiger partial charge is 0.493 e. The number of rotatable bonds is 6.